The number of nitrogens with zero attached hydrogens (tertiary/aromatic N) is 4. The zero-order valence-electron chi connectivity index (χ0n) is 18.8. The number of hydrogen-bond donors (Lipinski definition) is 0. The molecule has 7 nitrogen and oxygen atoms in total. The summed E-state index contributed by atoms with van der Waals surface area (Å²) in [5.74, 6) is -0.275. The Labute approximate surface area is 197 Å². The van der Waals surface area contributed by atoms with E-state index >= 15 is 0 Å². The van der Waals surface area contributed by atoms with Crippen molar-refractivity contribution in [1.29, 1.82) is 0 Å². The molecule has 33 heavy (non-hydrogen) atoms. The van der Waals surface area contributed by atoms with Gasteiger partial charge in [-0.2, -0.15) is 0 Å². The molecule has 2 aromatic heterocycles. The molecule has 0 radical (unpaired) electrons. The SMILES string of the molecule is Cc1ccc2sc(N(Cc3ccccn3)C(=O)c3ccc(S(=O)(=O)N(C)C)cc3)nc2c1C. The molecule has 9 heteroatoms. The van der Waals surface area contributed by atoms with Crippen LogP contribution in [0.1, 0.15) is 27.2 Å². The number of amides is 1. The number of benzene rings is 2. The summed E-state index contributed by atoms with van der Waals surface area (Å²) in [4.78, 5) is 24.5. The first kappa shape index (κ1) is 23.0. The van der Waals surface area contributed by atoms with E-state index in [1.165, 1.54) is 49.7 Å². The summed E-state index contributed by atoms with van der Waals surface area (Å²) in [6.07, 6.45) is 1.69. The molecule has 1 amide bonds. The lowest BCUT2D eigenvalue weighted by molar-refractivity contribution is 0.0984. The van der Waals surface area contributed by atoms with E-state index < -0.39 is 10.0 Å². The minimum atomic E-state index is -3.58. The molecule has 0 aliphatic rings. The summed E-state index contributed by atoms with van der Waals surface area (Å²) in [6, 6.07) is 15.6. The lowest BCUT2D eigenvalue weighted by Crippen LogP contribution is -2.30. The fourth-order valence-corrected chi connectivity index (χ4v) is 5.27. The van der Waals surface area contributed by atoms with Crippen LogP contribution in [-0.2, 0) is 16.6 Å². The van der Waals surface area contributed by atoms with Crippen LogP contribution >= 0.6 is 11.3 Å². The second-order valence-corrected chi connectivity index (χ2v) is 11.0. The first-order valence-electron chi connectivity index (χ1n) is 10.3. The van der Waals surface area contributed by atoms with Crippen molar-refractivity contribution in [3.05, 3.63) is 83.2 Å². The van der Waals surface area contributed by atoms with E-state index in [0.29, 0.717) is 10.7 Å². The summed E-state index contributed by atoms with van der Waals surface area (Å²) in [5.41, 5.74) is 4.19. The topological polar surface area (TPSA) is 83.5 Å². The third-order valence-corrected chi connectivity index (χ3v) is 8.35. The zero-order chi connectivity index (χ0) is 23.8. The summed E-state index contributed by atoms with van der Waals surface area (Å²) in [5, 5.41) is 0.569. The van der Waals surface area contributed by atoms with Crippen molar-refractivity contribution in [2.75, 3.05) is 19.0 Å². The number of carbonyl (C=O) groups excluding carboxylic acids is 1. The predicted molar refractivity (Wildman–Crippen MR) is 131 cm³/mol. The van der Waals surface area contributed by atoms with Gasteiger partial charge in [0.2, 0.25) is 10.0 Å². The van der Waals surface area contributed by atoms with Gasteiger partial charge in [0.1, 0.15) is 0 Å². The lowest BCUT2D eigenvalue weighted by Gasteiger charge is -2.20. The minimum Gasteiger partial charge on any atom is -0.278 e. The molecule has 0 aliphatic heterocycles. The molecule has 2 heterocycles. The van der Waals surface area contributed by atoms with Crippen molar-refractivity contribution < 1.29 is 13.2 Å². The molecule has 0 fully saturated rings. The Hall–Kier alpha value is -3.14. The van der Waals surface area contributed by atoms with Gasteiger partial charge in [0, 0.05) is 25.9 Å². The van der Waals surface area contributed by atoms with Gasteiger partial charge < -0.3 is 0 Å². The van der Waals surface area contributed by atoms with Crippen LogP contribution in [0.3, 0.4) is 0 Å². The maximum absolute atomic E-state index is 13.6. The molecular weight excluding hydrogens is 456 g/mol. The molecule has 0 aliphatic carbocycles. The van der Waals surface area contributed by atoms with Gasteiger partial charge >= 0.3 is 0 Å². The number of pyridine rings is 1. The van der Waals surface area contributed by atoms with E-state index in [2.05, 4.69) is 11.1 Å². The molecule has 0 N–H and O–H groups in total. The smallest absolute Gasteiger partial charge is 0.260 e. The number of thiazole rings is 1. The Bertz CT molecular complexity index is 1410. The first-order valence-corrected chi connectivity index (χ1v) is 12.6. The normalized spacial score (nSPS) is 11.8. The predicted octanol–water partition coefficient (Wildman–Crippen LogP) is 4.41. The summed E-state index contributed by atoms with van der Waals surface area (Å²) < 4.78 is 26.9. The summed E-state index contributed by atoms with van der Waals surface area (Å²) in [7, 11) is -0.634. The number of anilines is 1. The van der Waals surface area contributed by atoms with Crippen LogP contribution in [0.25, 0.3) is 10.2 Å². The average molecular weight is 481 g/mol. The number of aryl methyl sites for hydroxylation is 2. The third kappa shape index (κ3) is 4.52. The lowest BCUT2D eigenvalue weighted by atomic mass is 10.1. The molecule has 0 saturated carbocycles. The Morgan fingerprint density at radius 1 is 1.00 bits per heavy atom. The van der Waals surface area contributed by atoms with Crippen molar-refractivity contribution in [2.45, 2.75) is 25.3 Å². The average Bonchev–Trinajstić information content (AvgIpc) is 3.25. The molecule has 4 aromatic rings. The number of carbonyl (C=O) groups is 1. The van der Waals surface area contributed by atoms with Gasteiger partial charge in [-0.05, 0) is 67.4 Å². The number of rotatable bonds is 6. The van der Waals surface area contributed by atoms with Gasteiger partial charge in [0.25, 0.3) is 5.91 Å². The Kier molecular flexibility index (Phi) is 6.29. The molecule has 0 saturated heterocycles. The van der Waals surface area contributed by atoms with Gasteiger partial charge in [-0.15, -0.1) is 0 Å². The standard InChI is InChI=1S/C24H24N4O3S2/c1-16-8-13-21-22(17(16)2)26-24(32-21)28(15-19-7-5-6-14-25-19)23(29)18-9-11-20(12-10-18)33(30,31)27(3)4/h5-14H,15H2,1-4H3. The zero-order valence-corrected chi connectivity index (χ0v) is 20.4. The maximum atomic E-state index is 13.6. The van der Waals surface area contributed by atoms with Crippen LogP contribution < -0.4 is 4.90 Å². The van der Waals surface area contributed by atoms with E-state index in [-0.39, 0.29) is 17.3 Å². The number of aromatic nitrogens is 2. The van der Waals surface area contributed by atoms with E-state index in [0.717, 1.165) is 31.3 Å². The van der Waals surface area contributed by atoms with Crippen molar-refractivity contribution >= 4 is 42.6 Å². The van der Waals surface area contributed by atoms with E-state index in [1.807, 2.05) is 38.1 Å². The van der Waals surface area contributed by atoms with E-state index in [1.54, 1.807) is 11.1 Å². The van der Waals surface area contributed by atoms with Gasteiger partial charge in [-0.1, -0.05) is 23.5 Å². The van der Waals surface area contributed by atoms with Crippen LogP contribution in [-0.4, -0.2) is 42.7 Å². The highest BCUT2D eigenvalue weighted by Crippen LogP contribution is 2.33. The summed E-state index contributed by atoms with van der Waals surface area (Å²) in [6.45, 7) is 4.30. The molecule has 170 valence electrons. The van der Waals surface area contributed by atoms with Crippen LogP contribution in [0.4, 0.5) is 5.13 Å². The molecule has 2 aromatic carbocycles. The number of hydrogen-bond acceptors (Lipinski definition) is 6. The summed E-state index contributed by atoms with van der Waals surface area (Å²) >= 11 is 1.45. The molecule has 0 unspecified atom stereocenters. The molecule has 0 bridgehead atoms. The van der Waals surface area contributed by atoms with Gasteiger partial charge in [-0.25, -0.2) is 17.7 Å². The number of fused-ring (bicyclic) bond motifs is 1. The van der Waals surface area contributed by atoms with Crippen LogP contribution in [0, 0.1) is 13.8 Å². The van der Waals surface area contributed by atoms with Crippen molar-refractivity contribution in [3.63, 3.8) is 0 Å². The second kappa shape index (κ2) is 9.01. The van der Waals surface area contributed by atoms with Crippen LogP contribution in [0.5, 0.6) is 0 Å². The fourth-order valence-electron chi connectivity index (χ4n) is 3.35. The van der Waals surface area contributed by atoms with Gasteiger partial charge in [-0.3, -0.25) is 14.7 Å². The Balaban J connectivity index is 1.75. The third-order valence-electron chi connectivity index (χ3n) is 5.48. The van der Waals surface area contributed by atoms with Crippen LogP contribution in [0.2, 0.25) is 0 Å². The molecule has 4 rings (SSSR count). The van der Waals surface area contributed by atoms with Crippen molar-refractivity contribution in [3.8, 4) is 0 Å². The van der Waals surface area contributed by atoms with E-state index in [9.17, 15) is 13.2 Å². The Morgan fingerprint density at radius 3 is 2.36 bits per heavy atom. The van der Waals surface area contributed by atoms with Crippen molar-refractivity contribution in [2.24, 2.45) is 0 Å². The largest absolute Gasteiger partial charge is 0.278 e. The van der Waals surface area contributed by atoms with Gasteiger partial charge in [0.15, 0.2) is 5.13 Å². The fraction of sp³-hybridized carbons (Fsp3) is 0.208. The van der Waals surface area contributed by atoms with E-state index in [4.69, 9.17) is 4.98 Å². The van der Waals surface area contributed by atoms with Gasteiger partial charge in [0.05, 0.1) is 27.4 Å². The quantitative estimate of drug-likeness (QED) is 0.408. The first-order chi connectivity index (χ1) is 15.7. The highest BCUT2D eigenvalue weighted by Gasteiger charge is 2.24. The molecule has 0 spiro atoms. The Morgan fingerprint density at radius 2 is 1.73 bits per heavy atom. The highest BCUT2D eigenvalue weighted by atomic mass is 32.2. The molecular formula is C24H24N4O3S2. The highest BCUT2D eigenvalue weighted by molar-refractivity contribution is 7.89. The van der Waals surface area contributed by atoms with Crippen molar-refractivity contribution in [1.82, 2.24) is 14.3 Å². The maximum Gasteiger partial charge on any atom is 0.260 e. The monoisotopic (exact) mass is 480 g/mol. The number of sulfonamides is 1. The minimum absolute atomic E-state index is 0.131. The molecule has 0 atom stereocenters. The van der Waals surface area contributed by atoms with Crippen LogP contribution in [0.15, 0.2) is 65.7 Å². The second-order valence-electron chi connectivity index (χ2n) is 7.87.